The molecule has 1 aliphatic rings. The summed E-state index contributed by atoms with van der Waals surface area (Å²) in [6, 6.07) is 12.9. The van der Waals surface area contributed by atoms with Crippen molar-refractivity contribution >= 4 is 44.0 Å². The Labute approximate surface area is 204 Å². The quantitative estimate of drug-likeness (QED) is 0.370. The summed E-state index contributed by atoms with van der Waals surface area (Å²) in [5.41, 5.74) is 0.593. The number of carbonyl (C=O) groups excluding carboxylic acids is 2. The maximum atomic E-state index is 12.8. The highest BCUT2D eigenvalue weighted by Crippen LogP contribution is 2.30. The number of carbonyl (C=O) groups is 2. The summed E-state index contributed by atoms with van der Waals surface area (Å²) in [4.78, 5) is 40.7. The highest BCUT2D eigenvalue weighted by Gasteiger charge is 2.35. The predicted molar refractivity (Wildman–Crippen MR) is 126 cm³/mol. The lowest BCUT2D eigenvalue weighted by molar-refractivity contribution is -0.384. The molecule has 1 saturated heterocycles. The van der Waals surface area contributed by atoms with Crippen LogP contribution in [0.1, 0.15) is 18.4 Å². The van der Waals surface area contributed by atoms with E-state index in [1.54, 1.807) is 0 Å². The number of nitrogens with one attached hydrogen (secondary N) is 1. The van der Waals surface area contributed by atoms with Crippen molar-refractivity contribution in [1.29, 1.82) is 0 Å². The van der Waals surface area contributed by atoms with Crippen LogP contribution >= 0.6 is 11.3 Å². The number of hydrogen-bond acceptors (Lipinski definition) is 9. The van der Waals surface area contributed by atoms with Crippen LogP contribution in [0.15, 0.2) is 69.9 Å². The number of amides is 2. The van der Waals surface area contributed by atoms with Crippen molar-refractivity contribution in [3.05, 3.63) is 76.5 Å². The first-order valence-electron chi connectivity index (χ1n) is 10.5. The maximum Gasteiger partial charge on any atom is 0.410 e. The Bertz CT molecular complexity index is 1340. The molecule has 0 unspecified atom stereocenters. The number of hydrogen-bond donors (Lipinski definition) is 1. The number of benzene rings is 2. The Hall–Kier alpha value is -3.84. The number of non-ortho nitro benzene ring substituents is 1. The molecule has 0 saturated carbocycles. The fraction of sp³-hybridized carbons (Fsp3) is 0.227. The lowest BCUT2D eigenvalue weighted by atomic mass is 10.2. The van der Waals surface area contributed by atoms with Gasteiger partial charge in [0, 0.05) is 18.7 Å². The minimum absolute atomic E-state index is 0.0555. The number of nitro groups is 1. The number of rotatable bonds is 7. The van der Waals surface area contributed by atoms with Crippen LogP contribution < -0.4 is 5.32 Å². The van der Waals surface area contributed by atoms with Gasteiger partial charge in [-0.15, -0.1) is 0 Å². The number of sulfone groups is 1. The van der Waals surface area contributed by atoms with Gasteiger partial charge in [-0.25, -0.2) is 18.2 Å². The molecular weight excluding hydrogens is 496 g/mol. The zero-order valence-electron chi connectivity index (χ0n) is 18.2. The molecule has 2 amide bonds. The zero-order chi connectivity index (χ0) is 25.0. The van der Waals surface area contributed by atoms with E-state index in [2.05, 4.69) is 10.3 Å². The van der Waals surface area contributed by atoms with Crippen molar-refractivity contribution in [2.45, 2.75) is 34.6 Å². The van der Waals surface area contributed by atoms with Crippen molar-refractivity contribution in [2.75, 3.05) is 11.9 Å². The van der Waals surface area contributed by atoms with Crippen LogP contribution in [-0.4, -0.2) is 47.8 Å². The molecule has 2 heterocycles. The van der Waals surface area contributed by atoms with Gasteiger partial charge >= 0.3 is 6.09 Å². The van der Waals surface area contributed by atoms with Gasteiger partial charge in [0.1, 0.15) is 16.9 Å². The molecule has 35 heavy (non-hydrogen) atoms. The zero-order valence-corrected chi connectivity index (χ0v) is 19.8. The van der Waals surface area contributed by atoms with Gasteiger partial charge in [-0.3, -0.25) is 19.8 Å². The van der Waals surface area contributed by atoms with Gasteiger partial charge in [-0.1, -0.05) is 41.7 Å². The third kappa shape index (κ3) is 5.46. The largest absolute Gasteiger partial charge is 0.445 e. The lowest BCUT2D eigenvalue weighted by Crippen LogP contribution is -2.43. The molecule has 0 spiro atoms. The highest BCUT2D eigenvalue weighted by molar-refractivity contribution is 7.93. The molecule has 2 aromatic carbocycles. The van der Waals surface area contributed by atoms with Crippen LogP contribution in [-0.2, 0) is 26.0 Å². The molecule has 0 bridgehead atoms. The number of nitrogens with zero attached hydrogens (tertiary/aromatic N) is 3. The summed E-state index contributed by atoms with van der Waals surface area (Å²) in [5.74, 6) is -0.493. The van der Waals surface area contributed by atoms with E-state index in [4.69, 9.17) is 4.74 Å². The molecule has 1 N–H and O–H groups in total. The van der Waals surface area contributed by atoms with Crippen LogP contribution in [0.25, 0.3) is 0 Å². The topological polar surface area (TPSA) is 149 Å². The second-order valence-corrected chi connectivity index (χ2v) is 10.8. The smallest absolute Gasteiger partial charge is 0.410 e. The molecule has 0 aliphatic carbocycles. The van der Waals surface area contributed by atoms with Crippen molar-refractivity contribution in [3.63, 3.8) is 0 Å². The first-order chi connectivity index (χ1) is 16.8. The van der Waals surface area contributed by atoms with Crippen LogP contribution in [0.2, 0.25) is 0 Å². The molecule has 11 nitrogen and oxygen atoms in total. The standard InChI is InChI=1S/C22H20N4O7S2/c27-20(18-7-4-12-25(18)22(28)33-14-15-5-2-1-3-6-15)24-21-23-13-19(34-21)35(31,32)17-10-8-16(9-11-17)26(29)30/h1-3,5-6,8-11,13,18H,4,7,12,14H2,(H,23,24,27)/t18-/m0/s1. The van der Waals surface area contributed by atoms with Crippen LogP contribution in [0.4, 0.5) is 15.6 Å². The minimum Gasteiger partial charge on any atom is -0.445 e. The van der Waals surface area contributed by atoms with Crippen molar-refractivity contribution in [2.24, 2.45) is 0 Å². The molecule has 1 atom stereocenters. The second kappa shape index (κ2) is 10.2. The number of likely N-dealkylation sites (tertiary alicyclic amines) is 1. The Morgan fingerprint density at radius 3 is 2.57 bits per heavy atom. The SMILES string of the molecule is O=C(Nc1ncc(S(=O)(=O)c2ccc([N+](=O)[O-])cc2)s1)[C@@H]1CCCN1C(=O)OCc1ccccc1. The van der Waals surface area contributed by atoms with Gasteiger partial charge in [0.2, 0.25) is 15.7 Å². The molecule has 4 rings (SSSR count). The molecule has 13 heteroatoms. The molecule has 0 radical (unpaired) electrons. The lowest BCUT2D eigenvalue weighted by Gasteiger charge is -2.22. The minimum atomic E-state index is -3.98. The first kappa shape index (κ1) is 24.3. The summed E-state index contributed by atoms with van der Waals surface area (Å²) in [6.45, 7) is 0.449. The van der Waals surface area contributed by atoms with Gasteiger partial charge in [-0.05, 0) is 30.5 Å². The molecule has 1 fully saturated rings. The first-order valence-corrected chi connectivity index (χ1v) is 12.8. The number of aromatic nitrogens is 1. The molecule has 1 aromatic heterocycles. The van der Waals surface area contributed by atoms with E-state index in [1.165, 1.54) is 4.90 Å². The van der Waals surface area contributed by atoms with Gasteiger partial charge < -0.3 is 10.1 Å². The average Bonchev–Trinajstić information content (AvgIpc) is 3.54. The van der Waals surface area contributed by atoms with Crippen LogP contribution in [0, 0.1) is 10.1 Å². The Kier molecular flexibility index (Phi) is 7.07. The van der Waals surface area contributed by atoms with Gasteiger partial charge in [0.05, 0.1) is 16.0 Å². The fourth-order valence-electron chi connectivity index (χ4n) is 3.55. The van der Waals surface area contributed by atoms with E-state index in [0.29, 0.717) is 19.4 Å². The fourth-order valence-corrected chi connectivity index (χ4v) is 5.99. The number of anilines is 1. The normalized spacial score (nSPS) is 15.5. The maximum absolute atomic E-state index is 12.8. The predicted octanol–water partition coefficient (Wildman–Crippen LogP) is 3.62. The summed E-state index contributed by atoms with van der Waals surface area (Å²) >= 11 is 0.750. The van der Waals surface area contributed by atoms with Crippen LogP contribution in [0.5, 0.6) is 0 Å². The number of nitro benzene ring substituents is 1. The Morgan fingerprint density at radius 1 is 1.17 bits per heavy atom. The molecular formula is C22H20N4O7S2. The number of thiazole rings is 1. The third-order valence-electron chi connectivity index (χ3n) is 5.33. The van der Waals surface area contributed by atoms with Crippen LogP contribution in [0.3, 0.4) is 0 Å². The highest BCUT2D eigenvalue weighted by atomic mass is 32.2. The van der Waals surface area contributed by atoms with Crippen molar-refractivity contribution in [1.82, 2.24) is 9.88 Å². The molecule has 182 valence electrons. The van der Waals surface area contributed by atoms with E-state index in [1.807, 2.05) is 30.3 Å². The summed E-state index contributed by atoms with van der Waals surface area (Å²) in [6.07, 6.45) is 1.56. The summed E-state index contributed by atoms with van der Waals surface area (Å²) in [5, 5.41) is 13.4. The van der Waals surface area contributed by atoms with Crippen molar-refractivity contribution in [3.8, 4) is 0 Å². The van der Waals surface area contributed by atoms with E-state index in [9.17, 15) is 28.1 Å². The van der Waals surface area contributed by atoms with Crippen molar-refractivity contribution < 1.29 is 27.7 Å². The molecule has 1 aliphatic heterocycles. The van der Waals surface area contributed by atoms with Gasteiger partial charge in [0.25, 0.3) is 5.69 Å². The van der Waals surface area contributed by atoms with E-state index in [0.717, 1.165) is 47.4 Å². The summed E-state index contributed by atoms with van der Waals surface area (Å²) in [7, 11) is -3.98. The second-order valence-electron chi connectivity index (χ2n) is 7.62. The number of ether oxygens (including phenoxy) is 1. The van der Waals surface area contributed by atoms with Gasteiger partial charge in [-0.2, -0.15) is 0 Å². The molecule has 3 aromatic rings. The van der Waals surface area contributed by atoms with E-state index in [-0.39, 0.29) is 26.5 Å². The third-order valence-corrected chi connectivity index (χ3v) is 8.48. The Balaban J connectivity index is 1.40. The van der Waals surface area contributed by atoms with E-state index >= 15 is 0 Å². The summed E-state index contributed by atoms with van der Waals surface area (Å²) < 4.78 is 30.8. The Morgan fingerprint density at radius 2 is 1.89 bits per heavy atom. The average molecular weight is 517 g/mol. The monoisotopic (exact) mass is 516 g/mol. The van der Waals surface area contributed by atoms with Gasteiger partial charge in [0.15, 0.2) is 5.13 Å². The van der Waals surface area contributed by atoms with E-state index < -0.39 is 32.8 Å².